The molecule has 372 valence electrons. The molecule has 5 aromatic rings. The highest BCUT2D eigenvalue weighted by molar-refractivity contribution is 8.77. The van der Waals surface area contributed by atoms with E-state index in [1.54, 1.807) is 62.6 Å². The van der Waals surface area contributed by atoms with Crippen LogP contribution in [0.2, 0.25) is 0 Å². The number of hydrogen-bond donors (Lipinski definition) is 5. The molecule has 4 aliphatic heterocycles. The van der Waals surface area contributed by atoms with Crippen LogP contribution in [0.3, 0.4) is 0 Å². The number of nitrogens with zero attached hydrogens (tertiary/aromatic N) is 2. The summed E-state index contributed by atoms with van der Waals surface area (Å²) < 4.78 is 24.3. The Morgan fingerprint density at radius 3 is 1.70 bits per heavy atom. The zero-order chi connectivity index (χ0) is 50.0. The lowest BCUT2D eigenvalue weighted by atomic mass is 10.1. The number of carbonyl (C=O) groups is 4. The van der Waals surface area contributed by atoms with Crippen LogP contribution >= 0.6 is 21.6 Å². The zero-order valence-corrected chi connectivity index (χ0v) is 42.0. The molecule has 4 atom stereocenters. The van der Waals surface area contributed by atoms with Gasteiger partial charge in [0.05, 0.1) is 48.8 Å². The third kappa shape index (κ3) is 10.8. The van der Waals surface area contributed by atoms with Crippen molar-refractivity contribution in [2.45, 2.75) is 108 Å². The molecule has 0 aromatic heterocycles. The van der Waals surface area contributed by atoms with Gasteiger partial charge in [0.2, 0.25) is 5.91 Å². The van der Waals surface area contributed by atoms with Crippen molar-refractivity contribution >= 4 is 73.5 Å². The van der Waals surface area contributed by atoms with Crippen LogP contribution in [0.5, 0.6) is 23.0 Å². The van der Waals surface area contributed by atoms with Crippen LogP contribution in [0.15, 0.2) is 91.0 Å². The first-order valence-corrected chi connectivity index (χ1v) is 26.2. The number of aliphatic hydroxyl groups is 2. The minimum atomic E-state index is -1.06. The summed E-state index contributed by atoms with van der Waals surface area (Å²) in [5.74, 6) is 1.69. The molecule has 0 radical (unpaired) electrons. The first kappa shape index (κ1) is 49.6. The molecule has 0 aliphatic carbocycles. The van der Waals surface area contributed by atoms with Gasteiger partial charge in [-0.15, -0.1) is 0 Å². The summed E-state index contributed by atoms with van der Waals surface area (Å²) in [6.45, 7) is 5.98. The molecule has 2 unspecified atom stereocenters. The number of ketones is 1. The van der Waals surface area contributed by atoms with Gasteiger partial charge in [-0.05, 0) is 118 Å². The fourth-order valence-corrected chi connectivity index (χ4v) is 12.4. The van der Waals surface area contributed by atoms with Gasteiger partial charge in [-0.25, -0.2) is 0 Å². The highest BCUT2D eigenvalue weighted by Gasteiger charge is 2.43. The average molecular weight is 1000 g/mol. The Labute approximate surface area is 421 Å². The normalized spacial score (nSPS) is 18.6. The van der Waals surface area contributed by atoms with Gasteiger partial charge in [0.15, 0.2) is 23.0 Å². The lowest BCUT2D eigenvalue weighted by Crippen LogP contribution is -2.45. The molecule has 5 N–H and O–H groups in total. The number of anilines is 5. The second-order valence-corrected chi connectivity index (χ2v) is 22.0. The number of carbonyl (C=O) groups excluding carboxylic acids is 4. The Morgan fingerprint density at radius 2 is 1.21 bits per heavy atom. The number of aliphatic hydroxyl groups excluding tert-OH is 2. The Morgan fingerprint density at radius 1 is 0.704 bits per heavy atom. The fraction of sp³-hybridized carbons (Fsp3) is 0.370. The summed E-state index contributed by atoms with van der Waals surface area (Å²) in [5.41, 5.74) is 6.84. The van der Waals surface area contributed by atoms with Crippen molar-refractivity contribution in [2.24, 2.45) is 0 Å². The molecule has 0 saturated carbocycles. The number of amides is 3. The molecule has 5 aromatic carbocycles. The van der Waals surface area contributed by atoms with Crippen LogP contribution < -0.4 is 44.7 Å². The van der Waals surface area contributed by atoms with E-state index in [0.29, 0.717) is 94.4 Å². The standard InChI is InChI=1S/C54H59N5O10S2/c1-31(60)12-11-19-70-71-54(2,3)18-10-17-49(61)55-36-21-32(29-68-47-27-39-37(25-45(47)66-4)52(64)58-41-15-8-6-13-34(41)23-43(58)50(62)56-39)20-33(22-36)30-69-48-28-40-38(26-46(48)67-5)53(65)59-42-16-9-7-14-35(42)24-44(59)51(63)57-40/h6-9,13-16,20-22,25-28,43-44,50-51,56-57,62-63H,10-12,17-19,23-24,29-30H2,1-5H3,(H,55,61)/t43-,44-,50?,51?/m0/s1. The number of Topliss-reactive ketones (excluding diaryl/α,β-unsaturated/α-hetero) is 1. The van der Waals surface area contributed by atoms with Crippen LogP contribution in [0, 0.1) is 0 Å². The maximum Gasteiger partial charge on any atom is 0.260 e. The third-order valence-electron chi connectivity index (χ3n) is 13.2. The predicted octanol–water partition coefficient (Wildman–Crippen LogP) is 9.13. The predicted molar refractivity (Wildman–Crippen MR) is 278 cm³/mol. The second-order valence-electron chi connectivity index (χ2n) is 18.9. The highest BCUT2D eigenvalue weighted by Crippen LogP contribution is 2.44. The lowest BCUT2D eigenvalue weighted by Gasteiger charge is -2.26. The molecule has 9 rings (SSSR count). The number of nitrogens with one attached hydrogen (secondary N) is 3. The van der Waals surface area contributed by atoms with Crippen molar-refractivity contribution in [1.82, 2.24) is 0 Å². The van der Waals surface area contributed by atoms with E-state index in [4.69, 9.17) is 18.9 Å². The highest BCUT2D eigenvalue weighted by atomic mass is 33.1. The monoisotopic (exact) mass is 1000 g/mol. The van der Waals surface area contributed by atoms with Gasteiger partial charge in [0.1, 0.15) is 31.5 Å². The molecule has 0 bridgehead atoms. The fourth-order valence-electron chi connectivity index (χ4n) is 9.73. The number of methoxy groups -OCH3 is 2. The molecule has 3 amide bonds. The van der Waals surface area contributed by atoms with Gasteiger partial charge in [0, 0.05) is 52.5 Å². The van der Waals surface area contributed by atoms with Crippen LogP contribution in [-0.2, 0) is 35.6 Å². The van der Waals surface area contributed by atoms with Gasteiger partial charge < -0.3 is 59.7 Å². The number of para-hydroxylation sites is 2. The molecule has 15 nitrogen and oxygen atoms in total. The molecular formula is C54H59N5O10S2. The molecule has 0 saturated heterocycles. The van der Waals surface area contributed by atoms with Crippen LogP contribution in [0.4, 0.5) is 28.4 Å². The minimum Gasteiger partial charge on any atom is -0.493 e. The van der Waals surface area contributed by atoms with E-state index in [1.165, 1.54) is 14.2 Å². The Bertz CT molecular complexity index is 2700. The van der Waals surface area contributed by atoms with Crippen molar-refractivity contribution in [3.05, 3.63) is 124 Å². The summed E-state index contributed by atoms with van der Waals surface area (Å²) in [4.78, 5) is 56.4. The average Bonchev–Trinajstić information content (AvgIpc) is 3.89. The van der Waals surface area contributed by atoms with Crippen LogP contribution in [-0.4, -0.2) is 83.0 Å². The van der Waals surface area contributed by atoms with Crippen LogP contribution in [0.25, 0.3) is 0 Å². The quantitative estimate of drug-likeness (QED) is 0.0389. The van der Waals surface area contributed by atoms with Gasteiger partial charge in [-0.3, -0.25) is 14.4 Å². The van der Waals surface area contributed by atoms with Gasteiger partial charge in [-0.2, -0.15) is 0 Å². The summed E-state index contributed by atoms with van der Waals surface area (Å²) in [6.07, 6.45) is 2.09. The SMILES string of the molecule is COc1cc2c(cc1OCc1cc(COc3cc4c(cc3OC)C(=O)N3c5ccccc5C[C@H]3C(O)N4)cc(NC(=O)CCCC(C)(C)SSCCCC(C)=O)c1)NC(O)[C@@H]1Cc3ccccc3N1C2=O. The van der Waals surface area contributed by atoms with E-state index in [-0.39, 0.29) is 41.5 Å². The maximum atomic E-state index is 14.1. The molecule has 17 heteroatoms. The minimum absolute atomic E-state index is 0.0207. The number of rotatable bonds is 19. The largest absolute Gasteiger partial charge is 0.493 e. The number of fused-ring (bicyclic) bond motifs is 8. The van der Waals surface area contributed by atoms with E-state index < -0.39 is 24.5 Å². The molecule has 0 fully saturated rings. The Hall–Kier alpha value is -6.40. The van der Waals surface area contributed by atoms with Crippen molar-refractivity contribution in [1.29, 1.82) is 0 Å². The Balaban J connectivity index is 0.942. The molecule has 0 spiro atoms. The maximum absolute atomic E-state index is 14.1. The van der Waals surface area contributed by atoms with E-state index in [9.17, 15) is 29.4 Å². The van der Waals surface area contributed by atoms with E-state index in [1.807, 2.05) is 66.7 Å². The number of hydrogen-bond acceptors (Lipinski definition) is 14. The van der Waals surface area contributed by atoms with Crippen molar-refractivity contribution < 1.29 is 48.3 Å². The zero-order valence-electron chi connectivity index (χ0n) is 40.4. The lowest BCUT2D eigenvalue weighted by molar-refractivity contribution is -0.117. The van der Waals surface area contributed by atoms with Gasteiger partial charge in [0.25, 0.3) is 11.8 Å². The summed E-state index contributed by atoms with van der Waals surface area (Å²) in [7, 11) is 6.53. The first-order chi connectivity index (χ1) is 34.2. The van der Waals surface area contributed by atoms with Gasteiger partial charge in [-0.1, -0.05) is 58.0 Å². The van der Waals surface area contributed by atoms with E-state index in [2.05, 4.69) is 29.8 Å². The summed E-state index contributed by atoms with van der Waals surface area (Å²) in [5, 5.41) is 32.1. The van der Waals surface area contributed by atoms with Crippen molar-refractivity contribution in [2.75, 3.05) is 45.7 Å². The molecule has 71 heavy (non-hydrogen) atoms. The topological polar surface area (TPSA) is 188 Å². The van der Waals surface area contributed by atoms with Crippen molar-refractivity contribution in [3.8, 4) is 23.0 Å². The number of benzene rings is 5. The Kier molecular flexibility index (Phi) is 14.8. The van der Waals surface area contributed by atoms with Crippen LogP contribution in [0.1, 0.15) is 95.8 Å². The second kappa shape index (κ2) is 21.1. The number of ether oxygens (including phenoxy) is 4. The summed E-state index contributed by atoms with van der Waals surface area (Å²) >= 11 is 0. The van der Waals surface area contributed by atoms with E-state index >= 15 is 0 Å². The van der Waals surface area contributed by atoms with Crippen molar-refractivity contribution in [3.63, 3.8) is 0 Å². The van der Waals surface area contributed by atoms with E-state index in [0.717, 1.165) is 41.1 Å². The molecular weight excluding hydrogens is 943 g/mol. The van der Waals surface area contributed by atoms with Gasteiger partial charge >= 0.3 is 0 Å². The third-order valence-corrected chi connectivity index (χ3v) is 16.6. The molecule has 4 aliphatic rings. The summed E-state index contributed by atoms with van der Waals surface area (Å²) in [6, 6.07) is 26.4. The molecule has 4 heterocycles. The first-order valence-electron chi connectivity index (χ1n) is 23.8. The smallest absolute Gasteiger partial charge is 0.260 e.